The normalized spacial score (nSPS) is 26.3. The van der Waals surface area contributed by atoms with Crippen molar-refractivity contribution in [3.8, 4) is 5.75 Å². The van der Waals surface area contributed by atoms with E-state index in [0.29, 0.717) is 19.6 Å². The third-order valence-corrected chi connectivity index (χ3v) is 7.45. The van der Waals surface area contributed by atoms with E-state index in [-0.39, 0.29) is 54.9 Å². The van der Waals surface area contributed by atoms with Crippen LogP contribution in [0.3, 0.4) is 0 Å². The molecule has 2 saturated heterocycles. The monoisotopic (exact) mass is 494 g/mol. The highest BCUT2D eigenvalue weighted by molar-refractivity contribution is 5.92. The van der Waals surface area contributed by atoms with Gasteiger partial charge in [0.1, 0.15) is 18.0 Å². The van der Waals surface area contributed by atoms with Crippen molar-refractivity contribution in [3.63, 3.8) is 0 Å². The van der Waals surface area contributed by atoms with Crippen molar-refractivity contribution in [1.82, 2.24) is 5.32 Å². The molecule has 8 heteroatoms. The van der Waals surface area contributed by atoms with E-state index in [1.165, 1.54) is 0 Å². The second-order valence-corrected chi connectivity index (χ2v) is 9.94. The highest BCUT2D eigenvalue weighted by Crippen LogP contribution is 2.47. The zero-order chi connectivity index (χ0) is 25.1. The third-order valence-electron chi connectivity index (χ3n) is 7.45. The van der Waals surface area contributed by atoms with Gasteiger partial charge >= 0.3 is 0 Å². The van der Waals surface area contributed by atoms with E-state index in [0.717, 1.165) is 35.4 Å². The first-order valence-corrected chi connectivity index (χ1v) is 12.8. The van der Waals surface area contributed by atoms with Crippen LogP contribution in [0.2, 0.25) is 0 Å². The number of carbonyl (C=O) groups excluding carboxylic acids is 2. The molecule has 0 unspecified atom stereocenters. The van der Waals surface area contributed by atoms with Gasteiger partial charge in [-0.1, -0.05) is 30.3 Å². The molecule has 2 fully saturated rings. The van der Waals surface area contributed by atoms with Gasteiger partial charge in [0.25, 0.3) is 0 Å². The molecule has 0 bridgehead atoms. The standard InChI is InChI=1S/C28H34N2O6/c1-17(18-5-3-2-4-6-18)29-26(32)15-21-14-23-22-13-20(30-28(33)19-9-11-34-12-10-19)7-8-24(22)36-27(23)25(16-31)35-21/h2-8,13,17,19,21,23,25,27,31H,9-12,14-16H2,1H3,(H,29,32)(H,30,33)/t17-,21-,23-,25+,27+/m0/s1. The van der Waals surface area contributed by atoms with Crippen molar-refractivity contribution in [3.05, 3.63) is 59.7 Å². The second-order valence-electron chi connectivity index (χ2n) is 9.94. The number of benzene rings is 2. The lowest BCUT2D eigenvalue weighted by molar-refractivity contribution is -0.142. The lowest BCUT2D eigenvalue weighted by Gasteiger charge is -2.37. The number of hydrogen-bond donors (Lipinski definition) is 3. The first kappa shape index (κ1) is 24.7. The van der Waals surface area contributed by atoms with Crippen LogP contribution in [0.15, 0.2) is 48.5 Å². The van der Waals surface area contributed by atoms with Crippen molar-refractivity contribution in [2.75, 3.05) is 25.1 Å². The fraction of sp³-hybridized carbons (Fsp3) is 0.500. The Morgan fingerprint density at radius 1 is 1.11 bits per heavy atom. The van der Waals surface area contributed by atoms with Crippen LogP contribution < -0.4 is 15.4 Å². The number of hydrogen-bond acceptors (Lipinski definition) is 6. The molecule has 2 aromatic carbocycles. The highest BCUT2D eigenvalue weighted by atomic mass is 16.6. The van der Waals surface area contributed by atoms with Crippen LogP contribution in [0, 0.1) is 5.92 Å². The van der Waals surface area contributed by atoms with E-state index in [1.54, 1.807) is 0 Å². The molecular weight excluding hydrogens is 460 g/mol. The van der Waals surface area contributed by atoms with Gasteiger partial charge in [0.15, 0.2) is 0 Å². The molecule has 0 saturated carbocycles. The molecule has 36 heavy (non-hydrogen) atoms. The van der Waals surface area contributed by atoms with Gasteiger partial charge in [-0.05, 0) is 49.9 Å². The van der Waals surface area contributed by atoms with E-state index in [2.05, 4.69) is 10.6 Å². The Morgan fingerprint density at radius 3 is 2.64 bits per heavy atom. The Labute approximate surface area is 211 Å². The molecule has 192 valence electrons. The van der Waals surface area contributed by atoms with Crippen molar-refractivity contribution in [2.24, 2.45) is 5.92 Å². The van der Waals surface area contributed by atoms with E-state index >= 15 is 0 Å². The molecule has 3 N–H and O–H groups in total. The van der Waals surface area contributed by atoms with Gasteiger partial charge in [-0.3, -0.25) is 9.59 Å². The molecule has 0 spiro atoms. The fourth-order valence-corrected chi connectivity index (χ4v) is 5.50. The topological polar surface area (TPSA) is 106 Å². The van der Waals surface area contributed by atoms with Crippen LogP contribution in [0.25, 0.3) is 0 Å². The number of ether oxygens (including phenoxy) is 3. The summed E-state index contributed by atoms with van der Waals surface area (Å²) in [4.78, 5) is 25.5. The molecule has 2 amide bonds. The maximum atomic E-state index is 12.8. The van der Waals surface area contributed by atoms with Crippen molar-refractivity contribution < 1.29 is 28.9 Å². The molecule has 5 rings (SSSR count). The van der Waals surface area contributed by atoms with Gasteiger partial charge in [0, 0.05) is 36.3 Å². The number of rotatable bonds is 7. The molecule has 2 aromatic rings. The Morgan fingerprint density at radius 2 is 1.89 bits per heavy atom. The summed E-state index contributed by atoms with van der Waals surface area (Å²) in [6.07, 6.45) is 1.06. The molecule has 8 nitrogen and oxygen atoms in total. The first-order chi connectivity index (χ1) is 17.5. The molecule has 3 aliphatic heterocycles. The SMILES string of the molecule is C[C@H](NC(=O)C[C@@H]1C[C@H]2c3cc(NC(=O)C4CCOCC4)ccc3O[C@H]2[C@@H](CO)O1)c1ccccc1. The third kappa shape index (κ3) is 5.40. The Kier molecular flexibility index (Phi) is 7.55. The number of amides is 2. The number of aliphatic hydroxyl groups excluding tert-OH is 1. The lowest BCUT2D eigenvalue weighted by atomic mass is 9.84. The van der Waals surface area contributed by atoms with Gasteiger partial charge in [0.05, 0.1) is 25.2 Å². The van der Waals surface area contributed by atoms with Gasteiger partial charge < -0.3 is 30.0 Å². The minimum atomic E-state index is -0.527. The van der Waals surface area contributed by atoms with E-state index < -0.39 is 6.10 Å². The summed E-state index contributed by atoms with van der Waals surface area (Å²) in [5.41, 5.74) is 2.75. The van der Waals surface area contributed by atoms with Crippen LogP contribution in [-0.2, 0) is 19.1 Å². The summed E-state index contributed by atoms with van der Waals surface area (Å²) in [5, 5.41) is 16.1. The number of fused-ring (bicyclic) bond motifs is 3. The highest BCUT2D eigenvalue weighted by Gasteiger charge is 2.46. The predicted octanol–water partition coefficient (Wildman–Crippen LogP) is 3.31. The minimum Gasteiger partial charge on any atom is -0.487 e. The zero-order valence-electron chi connectivity index (χ0n) is 20.5. The second kappa shape index (κ2) is 11.0. The first-order valence-electron chi connectivity index (χ1n) is 12.8. The maximum absolute atomic E-state index is 12.8. The number of anilines is 1. The minimum absolute atomic E-state index is 0.0102. The summed E-state index contributed by atoms with van der Waals surface area (Å²) in [7, 11) is 0. The van der Waals surface area contributed by atoms with Gasteiger partial charge in [0.2, 0.25) is 11.8 Å². The average Bonchev–Trinajstić information content (AvgIpc) is 3.27. The summed E-state index contributed by atoms with van der Waals surface area (Å²) in [6, 6.07) is 15.4. The summed E-state index contributed by atoms with van der Waals surface area (Å²) in [6.45, 7) is 2.99. The molecule has 0 aromatic heterocycles. The smallest absolute Gasteiger partial charge is 0.227 e. The zero-order valence-corrected chi connectivity index (χ0v) is 20.5. The molecule has 5 atom stereocenters. The average molecular weight is 495 g/mol. The van der Waals surface area contributed by atoms with Gasteiger partial charge in [-0.25, -0.2) is 0 Å². The van der Waals surface area contributed by atoms with E-state index in [9.17, 15) is 14.7 Å². The molecule has 3 aliphatic rings. The van der Waals surface area contributed by atoms with Crippen LogP contribution in [0.4, 0.5) is 5.69 Å². The number of aliphatic hydroxyl groups is 1. The van der Waals surface area contributed by atoms with Crippen molar-refractivity contribution in [1.29, 1.82) is 0 Å². The van der Waals surface area contributed by atoms with Crippen LogP contribution in [0.5, 0.6) is 5.75 Å². The van der Waals surface area contributed by atoms with E-state index in [4.69, 9.17) is 14.2 Å². The van der Waals surface area contributed by atoms with Crippen LogP contribution in [0.1, 0.15) is 55.7 Å². The quantitative estimate of drug-likeness (QED) is 0.545. The maximum Gasteiger partial charge on any atom is 0.227 e. The van der Waals surface area contributed by atoms with Crippen LogP contribution in [-0.4, -0.2) is 55.1 Å². The Hall–Kier alpha value is -2.94. The predicted molar refractivity (Wildman–Crippen MR) is 134 cm³/mol. The van der Waals surface area contributed by atoms with Crippen molar-refractivity contribution >= 4 is 17.5 Å². The molecule has 3 heterocycles. The van der Waals surface area contributed by atoms with Crippen LogP contribution >= 0.6 is 0 Å². The number of nitrogens with one attached hydrogen (secondary N) is 2. The molecule has 0 aliphatic carbocycles. The van der Waals surface area contributed by atoms with Gasteiger partial charge in [-0.2, -0.15) is 0 Å². The summed E-state index contributed by atoms with van der Waals surface area (Å²) in [5.74, 6) is 0.576. The lowest BCUT2D eigenvalue weighted by Crippen LogP contribution is -2.47. The van der Waals surface area contributed by atoms with E-state index in [1.807, 2.05) is 55.5 Å². The number of carbonyl (C=O) groups is 2. The molecule has 0 radical (unpaired) electrons. The van der Waals surface area contributed by atoms with Gasteiger partial charge in [-0.15, -0.1) is 0 Å². The fourth-order valence-electron chi connectivity index (χ4n) is 5.50. The largest absolute Gasteiger partial charge is 0.487 e. The summed E-state index contributed by atoms with van der Waals surface area (Å²) < 4.78 is 17.6. The summed E-state index contributed by atoms with van der Waals surface area (Å²) >= 11 is 0. The molecular formula is C28H34N2O6. The Bertz CT molecular complexity index is 1070. The van der Waals surface area contributed by atoms with Crippen molar-refractivity contribution in [2.45, 2.75) is 62.9 Å². The Balaban J connectivity index is 1.25.